The van der Waals surface area contributed by atoms with E-state index in [2.05, 4.69) is 16.0 Å². The number of hydrogen-bond acceptors (Lipinski definition) is 5. The molecule has 2 aliphatic rings. The number of alkyl carbamates (subject to hydrolysis) is 1. The first-order chi connectivity index (χ1) is 16.3. The third-order valence-corrected chi connectivity index (χ3v) is 6.36. The van der Waals surface area contributed by atoms with E-state index in [4.69, 9.17) is 4.74 Å². The van der Waals surface area contributed by atoms with Crippen LogP contribution in [0.4, 0.5) is 4.79 Å². The fraction of sp³-hybridized carbons (Fsp3) is 0.360. The molecule has 4 rings (SSSR count). The van der Waals surface area contributed by atoms with Gasteiger partial charge >= 0.3 is 12.1 Å². The summed E-state index contributed by atoms with van der Waals surface area (Å²) >= 11 is 0. The van der Waals surface area contributed by atoms with Crippen molar-refractivity contribution < 1.29 is 29.0 Å². The Morgan fingerprint density at radius 2 is 1.65 bits per heavy atom. The first-order valence-electron chi connectivity index (χ1n) is 11.2. The Balaban J connectivity index is 1.41. The Bertz CT molecular complexity index is 1090. The smallest absolute Gasteiger partial charge is 0.407 e. The van der Waals surface area contributed by atoms with Gasteiger partial charge in [-0.15, -0.1) is 0 Å². The molecule has 3 atom stereocenters. The van der Waals surface area contributed by atoms with Crippen molar-refractivity contribution >= 4 is 23.9 Å². The van der Waals surface area contributed by atoms with Crippen molar-refractivity contribution in [2.45, 2.75) is 31.8 Å². The minimum absolute atomic E-state index is 0.0642. The number of aliphatic carboxylic acids is 1. The maximum atomic E-state index is 12.8. The van der Waals surface area contributed by atoms with Gasteiger partial charge in [0.1, 0.15) is 24.6 Å². The van der Waals surface area contributed by atoms with Gasteiger partial charge in [0.2, 0.25) is 11.8 Å². The number of carboxylic acids is 1. The number of rotatable bonds is 7. The summed E-state index contributed by atoms with van der Waals surface area (Å²) in [5.41, 5.74) is 4.35. The van der Waals surface area contributed by atoms with Crippen LogP contribution in [0.3, 0.4) is 0 Å². The van der Waals surface area contributed by atoms with Gasteiger partial charge in [-0.05, 0) is 28.2 Å². The van der Waals surface area contributed by atoms with Crippen molar-refractivity contribution in [3.8, 4) is 11.1 Å². The Kier molecular flexibility index (Phi) is 6.54. The van der Waals surface area contributed by atoms with Gasteiger partial charge in [0.05, 0.1) is 0 Å². The second-order valence-electron chi connectivity index (χ2n) is 8.87. The number of nitrogens with one attached hydrogen (secondary N) is 3. The van der Waals surface area contributed by atoms with E-state index in [0.717, 1.165) is 22.3 Å². The lowest BCUT2D eigenvalue weighted by Gasteiger charge is -2.24. The molecule has 34 heavy (non-hydrogen) atoms. The number of amides is 3. The maximum absolute atomic E-state index is 12.8. The second-order valence-corrected chi connectivity index (χ2v) is 8.87. The molecule has 178 valence electrons. The molecule has 0 bridgehead atoms. The average molecular weight is 466 g/mol. The van der Waals surface area contributed by atoms with E-state index in [1.165, 1.54) is 0 Å². The molecule has 3 amide bonds. The zero-order valence-corrected chi connectivity index (χ0v) is 18.9. The van der Waals surface area contributed by atoms with Gasteiger partial charge in [-0.3, -0.25) is 14.4 Å². The van der Waals surface area contributed by atoms with Crippen molar-refractivity contribution in [3.05, 3.63) is 59.7 Å². The number of hydrogen-bond donors (Lipinski definition) is 4. The molecular weight excluding hydrogens is 438 g/mol. The van der Waals surface area contributed by atoms with Crippen LogP contribution in [0, 0.1) is 11.8 Å². The molecule has 1 fully saturated rings. The van der Waals surface area contributed by atoms with E-state index in [0.29, 0.717) is 0 Å². The van der Waals surface area contributed by atoms with Gasteiger partial charge < -0.3 is 25.8 Å². The molecular formula is C25H27N3O6. The number of carboxylic acid groups (broad SMARTS) is 1. The van der Waals surface area contributed by atoms with Crippen LogP contribution < -0.4 is 16.0 Å². The van der Waals surface area contributed by atoms with Gasteiger partial charge in [0.25, 0.3) is 0 Å². The molecule has 1 aliphatic heterocycles. The minimum atomic E-state index is -1.20. The van der Waals surface area contributed by atoms with E-state index in [-0.39, 0.29) is 25.0 Å². The summed E-state index contributed by atoms with van der Waals surface area (Å²) in [7, 11) is 0. The van der Waals surface area contributed by atoms with Crippen LogP contribution in [0.15, 0.2) is 48.5 Å². The van der Waals surface area contributed by atoms with E-state index in [1.54, 1.807) is 13.8 Å². The number of fused-ring (bicyclic) bond motifs is 3. The Labute approximate surface area is 196 Å². The third-order valence-electron chi connectivity index (χ3n) is 6.36. The van der Waals surface area contributed by atoms with Crippen molar-refractivity contribution in [2.75, 3.05) is 13.2 Å². The quantitative estimate of drug-likeness (QED) is 0.493. The monoisotopic (exact) mass is 465 g/mol. The van der Waals surface area contributed by atoms with Crippen LogP contribution in [0.1, 0.15) is 30.9 Å². The first kappa shape index (κ1) is 23.3. The third kappa shape index (κ3) is 4.46. The fourth-order valence-corrected chi connectivity index (χ4v) is 4.56. The Morgan fingerprint density at radius 3 is 2.21 bits per heavy atom. The summed E-state index contributed by atoms with van der Waals surface area (Å²) in [4.78, 5) is 48.8. The zero-order valence-electron chi connectivity index (χ0n) is 18.9. The number of carbonyl (C=O) groups is 4. The van der Waals surface area contributed by atoms with Crippen LogP contribution in [-0.2, 0) is 19.1 Å². The van der Waals surface area contributed by atoms with Crippen molar-refractivity contribution in [2.24, 2.45) is 11.8 Å². The topological polar surface area (TPSA) is 134 Å². The summed E-state index contributed by atoms with van der Waals surface area (Å²) in [6.07, 6.45) is -0.763. The van der Waals surface area contributed by atoms with E-state index >= 15 is 0 Å². The zero-order chi connectivity index (χ0) is 24.4. The van der Waals surface area contributed by atoms with Gasteiger partial charge in [0, 0.05) is 12.5 Å². The molecule has 0 radical (unpaired) electrons. The van der Waals surface area contributed by atoms with E-state index in [1.807, 2.05) is 48.5 Å². The van der Waals surface area contributed by atoms with Crippen molar-refractivity contribution in [3.63, 3.8) is 0 Å². The lowest BCUT2D eigenvalue weighted by atomic mass is 9.98. The van der Waals surface area contributed by atoms with E-state index in [9.17, 15) is 24.3 Å². The van der Waals surface area contributed by atoms with Gasteiger partial charge in [-0.25, -0.2) is 4.79 Å². The lowest BCUT2D eigenvalue weighted by molar-refractivity contribution is -0.143. The van der Waals surface area contributed by atoms with Crippen LogP contribution in [0.25, 0.3) is 11.1 Å². The summed E-state index contributed by atoms with van der Waals surface area (Å²) < 4.78 is 5.52. The molecule has 1 aliphatic carbocycles. The summed E-state index contributed by atoms with van der Waals surface area (Å²) in [6.45, 7) is 3.50. The summed E-state index contributed by atoms with van der Waals surface area (Å²) in [6, 6.07) is 13.7. The Morgan fingerprint density at radius 1 is 1.06 bits per heavy atom. The number of benzene rings is 2. The minimum Gasteiger partial charge on any atom is -0.481 e. The largest absolute Gasteiger partial charge is 0.481 e. The first-order valence-corrected chi connectivity index (χ1v) is 11.2. The van der Waals surface area contributed by atoms with E-state index < -0.39 is 41.9 Å². The fourth-order valence-electron chi connectivity index (χ4n) is 4.56. The average Bonchev–Trinajstić information content (AvgIpc) is 3.33. The summed E-state index contributed by atoms with van der Waals surface area (Å²) in [5.74, 6) is -3.91. The van der Waals surface area contributed by atoms with Crippen LogP contribution in [0.5, 0.6) is 0 Å². The molecule has 1 saturated heterocycles. The van der Waals surface area contributed by atoms with Gasteiger partial charge in [0.15, 0.2) is 0 Å². The standard InChI is InChI=1S/C25H27N3O6/c1-13(2)20(23(30)27-21-18(24(31)32)11-26-22(21)29)28-25(33)34-12-19-16-9-5-3-7-14(16)15-8-4-6-10-17(15)19/h3-10,13,18-21H,11-12H2,1-2H3,(H,26,29)(H,27,30)(H,28,33)(H,31,32). The normalized spacial score (nSPS) is 19.7. The van der Waals surface area contributed by atoms with Crippen LogP contribution in [0.2, 0.25) is 0 Å². The molecule has 0 spiro atoms. The maximum Gasteiger partial charge on any atom is 0.407 e. The van der Waals surface area contributed by atoms with Gasteiger partial charge in [-0.1, -0.05) is 62.4 Å². The highest BCUT2D eigenvalue weighted by atomic mass is 16.5. The van der Waals surface area contributed by atoms with Crippen molar-refractivity contribution in [1.82, 2.24) is 16.0 Å². The van der Waals surface area contributed by atoms with Crippen molar-refractivity contribution in [1.29, 1.82) is 0 Å². The van der Waals surface area contributed by atoms with Crippen LogP contribution in [-0.4, -0.2) is 54.2 Å². The lowest BCUT2D eigenvalue weighted by Crippen LogP contribution is -2.55. The molecule has 9 nitrogen and oxygen atoms in total. The number of ether oxygens (including phenoxy) is 1. The molecule has 2 aromatic carbocycles. The highest BCUT2D eigenvalue weighted by Crippen LogP contribution is 2.44. The molecule has 9 heteroatoms. The SMILES string of the molecule is CC(C)C(NC(=O)OCC1c2ccccc2-c2ccccc21)C(=O)NC1C(=O)NCC1C(=O)O. The molecule has 3 unspecified atom stereocenters. The predicted octanol–water partition coefficient (Wildman–Crippen LogP) is 1.87. The van der Waals surface area contributed by atoms with Crippen LogP contribution >= 0.6 is 0 Å². The molecule has 0 saturated carbocycles. The second kappa shape index (κ2) is 9.54. The summed E-state index contributed by atoms with van der Waals surface area (Å²) in [5, 5.41) is 16.8. The number of carbonyl (C=O) groups excluding carboxylic acids is 3. The van der Waals surface area contributed by atoms with Gasteiger partial charge in [-0.2, -0.15) is 0 Å². The highest BCUT2D eigenvalue weighted by Gasteiger charge is 2.42. The molecule has 0 aromatic heterocycles. The Hall–Kier alpha value is -3.88. The predicted molar refractivity (Wildman–Crippen MR) is 123 cm³/mol. The molecule has 1 heterocycles. The highest BCUT2D eigenvalue weighted by molar-refractivity contribution is 5.96. The molecule has 2 aromatic rings. The molecule has 4 N–H and O–H groups in total.